The molecule has 1 unspecified atom stereocenters. The summed E-state index contributed by atoms with van der Waals surface area (Å²) in [6.07, 6.45) is 0.493. The van der Waals surface area contributed by atoms with Gasteiger partial charge in [0.15, 0.2) is 0 Å². The van der Waals surface area contributed by atoms with Gasteiger partial charge in [-0.3, -0.25) is 9.59 Å². The molecule has 3 rings (SSSR count). The van der Waals surface area contributed by atoms with E-state index in [2.05, 4.69) is 5.32 Å². The highest BCUT2D eigenvalue weighted by Gasteiger charge is 2.31. The van der Waals surface area contributed by atoms with Crippen LogP contribution in [0.5, 0.6) is 5.75 Å². The molecule has 6 heteroatoms. The summed E-state index contributed by atoms with van der Waals surface area (Å²) in [5.74, 6) is 0.593. The number of methoxy groups -OCH3 is 1. The van der Waals surface area contributed by atoms with Crippen molar-refractivity contribution in [3.05, 3.63) is 59.1 Å². The van der Waals surface area contributed by atoms with Gasteiger partial charge in [0.25, 0.3) is 0 Å². The van der Waals surface area contributed by atoms with E-state index in [9.17, 15) is 9.59 Å². The molecular weight excluding hydrogens is 340 g/mol. The van der Waals surface area contributed by atoms with Gasteiger partial charge in [-0.05, 0) is 35.9 Å². The largest absolute Gasteiger partial charge is 0.497 e. The number of rotatable bonds is 5. The average Bonchev–Trinajstić information content (AvgIpc) is 2.97. The van der Waals surface area contributed by atoms with Gasteiger partial charge in [0.2, 0.25) is 11.8 Å². The number of ether oxygens (including phenoxy) is 1. The molecule has 0 radical (unpaired) electrons. The molecule has 2 aromatic carbocycles. The Kier molecular flexibility index (Phi) is 5.24. The Morgan fingerprint density at radius 2 is 1.96 bits per heavy atom. The van der Waals surface area contributed by atoms with Gasteiger partial charge in [-0.1, -0.05) is 29.8 Å². The fraction of sp³-hybridized carbons (Fsp3) is 0.263. The number of hydrogen-bond acceptors (Lipinski definition) is 3. The molecule has 0 aliphatic carbocycles. The van der Waals surface area contributed by atoms with E-state index in [1.165, 1.54) is 0 Å². The molecule has 2 amide bonds. The van der Waals surface area contributed by atoms with Gasteiger partial charge in [-0.2, -0.15) is 0 Å². The maximum absolute atomic E-state index is 12.3. The second-order valence-corrected chi connectivity index (χ2v) is 6.35. The zero-order valence-corrected chi connectivity index (χ0v) is 14.6. The van der Waals surface area contributed by atoms with E-state index < -0.39 is 0 Å². The van der Waals surface area contributed by atoms with Crippen LogP contribution in [-0.4, -0.2) is 31.5 Å². The molecular formula is C19H19ClN2O3. The zero-order chi connectivity index (χ0) is 17.8. The molecule has 1 aliphatic rings. The number of anilines is 1. The molecule has 0 saturated carbocycles. The first-order valence-electron chi connectivity index (χ1n) is 8.04. The van der Waals surface area contributed by atoms with E-state index in [4.69, 9.17) is 16.3 Å². The molecule has 1 aliphatic heterocycles. The number of amides is 2. The molecule has 1 N–H and O–H groups in total. The van der Waals surface area contributed by atoms with Gasteiger partial charge >= 0.3 is 0 Å². The maximum Gasteiger partial charge on any atom is 0.229 e. The molecule has 130 valence electrons. The Labute approximate surface area is 151 Å². The van der Waals surface area contributed by atoms with E-state index in [1.54, 1.807) is 18.1 Å². The van der Waals surface area contributed by atoms with Crippen LogP contribution in [0.2, 0.25) is 5.02 Å². The SMILES string of the molecule is COc1ccc(N2CC(NC(=O)Cc3ccccc3Cl)CC2=O)cc1. The molecule has 1 atom stereocenters. The maximum atomic E-state index is 12.3. The second-order valence-electron chi connectivity index (χ2n) is 5.94. The Morgan fingerprint density at radius 1 is 1.24 bits per heavy atom. The van der Waals surface area contributed by atoms with Crippen molar-refractivity contribution in [2.24, 2.45) is 0 Å². The smallest absolute Gasteiger partial charge is 0.229 e. The fourth-order valence-electron chi connectivity index (χ4n) is 2.91. The summed E-state index contributed by atoms with van der Waals surface area (Å²) in [4.78, 5) is 26.2. The van der Waals surface area contributed by atoms with Crippen molar-refractivity contribution < 1.29 is 14.3 Å². The summed E-state index contributed by atoms with van der Waals surface area (Å²) >= 11 is 6.08. The first-order valence-corrected chi connectivity index (χ1v) is 8.42. The van der Waals surface area contributed by atoms with Gasteiger partial charge in [0.05, 0.1) is 19.6 Å². The van der Waals surface area contributed by atoms with Crippen molar-refractivity contribution in [3.8, 4) is 5.75 Å². The predicted octanol–water partition coefficient (Wildman–Crippen LogP) is 2.81. The summed E-state index contributed by atoms with van der Waals surface area (Å²) in [6, 6.07) is 14.3. The lowest BCUT2D eigenvalue weighted by Crippen LogP contribution is -2.38. The number of halogens is 1. The predicted molar refractivity (Wildman–Crippen MR) is 97.1 cm³/mol. The minimum atomic E-state index is -0.204. The van der Waals surface area contributed by atoms with Crippen LogP contribution in [0, 0.1) is 0 Å². The van der Waals surface area contributed by atoms with Crippen LogP contribution >= 0.6 is 11.6 Å². The van der Waals surface area contributed by atoms with Gasteiger partial charge in [-0.25, -0.2) is 0 Å². The van der Waals surface area contributed by atoms with Crippen molar-refractivity contribution in [3.63, 3.8) is 0 Å². The lowest BCUT2D eigenvalue weighted by molar-refractivity contribution is -0.121. The summed E-state index contributed by atoms with van der Waals surface area (Å²) in [6.45, 7) is 0.458. The van der Waals surface area contributed by atoms with E-state index >= 15 is 0 Å². The number of carbonyl (C=O) groups excluding carboxylic acids is 2. The Bertz CT molecular complexity index is 776. The van der Waals surface area contributed by atoms with Crippen LogP contribution in [-0.2, 0) is 16.0 Å². The van der Waals surface area contributed by atoms with Crippen LogP contribution in [0.15, 0.2) is 48.5 Å². The molecule has 25 heavy (non-hydrogen) atoms. The molecule has 1 heterocycles. The first-order chi connectivity index (χ1) is 12.1. The quantitative estimate of drug-likeness (QED) is 0.894. The molecule has 0 aromatic heterocycles. The summed E-state index contributed by atoms with van der Waals surface area (Å²) in [5.41, 5.74) is 1.58. The summed E-state index contributed by atoms with van der Waals surface area (Å²) < 4.78 is 5.13. The summed E-state index contributed by atoms with van der Waals surface area (Å²) in [7, 11) is 1.60. The molecule has 5 nitrogen and oxygen atoms in total. The third kappa shape index (κ3) is 4.12. The van der Waals surface area contributed by atoms with Gasteiger partial charge in [0.1, 0.15) is 5.75 Å². The number of nitrogens with one attached hydrogen (secondary N) is 1. The minimum absolute atomic E-state index is 0.00629. The van der Waals surface area contributed by atoms with Crippen molar-refractivity contribution in [2.75, 3.05) is 18.6 Å². The minimum Gasteiger partial charge on any atom is -0.497 e. The van der Waals surface area contributed by atoms with E-state index in [-0.39, 0.29) is 24.3 Å². The zero-order valence-electron chi connectivity index (χ0n) is 13.9. The van der Waals surface area contributed by atoms with Gasteiger partial charge in [-0.15, -0.1) is 0 Å². The third-order valence-corrected chi connectivity index (χ3v) is 4.55. The third-order valence-electron chi connectivity index (χ3n) is 4.18. The number of nitrogens with zero attached hydrogens (tertiary/aromatic N) is 1. The average molecular weight is 359 g/mol. The fourth-order valence-corrected chi connectivity index (χ4v) is 3.11. The van der Waals surface area contributed by atoms with Crippen LogP contribution in [0.1, 0.15) is 12.0 Å². The molecule has 0 spiro atoms. The van der Waals surface area contributed by atoms with Crippen molar-refractivity contribution in [1.29, 1.82) is 0 Å². The lowest BCUT2D eigenvalue weighted by Gasteiger charge is -2.17. The number of carbonyl (C=O) groups is 2. The van der Waals surface area contributed by atoms with Crippen LogP contribution < -0.4 is 15.0 Å². The normalized spacial score (nSPS) is 16.8. The van der Waals surface area contributed by atoms with E-state index in [0.717, 1.165) is 17.0 Å². The molecule has 1 fully saturated rings. The lowest BCUT2D eigenvalue weighted by atomic mass is 10.1. The number of hydrogen-bond donors (Lipinski definition) is 1. The number of benzene rings is 2. The molecule has 0 bridgehead atoms. The topological polar surface area (TPSA) is 58.6 Å². The summed E-state index contributed by atoms with van der Waals surface area (Å²) in [5, 5.41) is 3.49. The van der Waals surface area contributed by atoms with Crippen molar-refractivity contribution in [2.45, 2.75) is 18.9 Å². The standard InChI is InChI=1S/C19H19ClN2O3/c1-25-16-8-6-15(7-9-16)22-12-14(11-19(22)24)21-18(23)10-13-4-2-3-5-17(13)20/h2-9,14H,10-12H2,1H3,(H,21,23). The van der Waals surface area contributed by atoms with Crippen LogP contribution in [0.4, 0.5) is 5.69 Å². The molecule has 2 aromatic rings. The van der Waals surface area contributed by atoms with Crippen molar-refractivity contribution in [1.82, 2.24) is 5.32 Å². The Hall–Kier alpha value is -2.53. The Balaban J connectivity index is 1.60. The van der Waals surface area contributed by atoms with Gasteiger partial charge < -0.3 is 15.0 Å². The Morgan fingerprint density at radius 3 is 2.64 bits per heavy atom. The van der Waals surface area contributed by atoms with Crippen LogP contribution in [0.25, 0.3) is 0 Å². The molecule has 1 saturated heterocycles. The highest BCUT2D eigenvalue weighted by atomic mass is 35.5. The van der Waals surface area contributed by atoms with Crippen LogP contribution in [0.3, 0.4) is 0 Å². The second kappa shape index (κ2) is 7.57. The first kappa shape index (κ1) is 17.3. The van der Waals surface area contributed by atoms with E-state index in [0.29, 0.717) is 18.0 Å². The highest BCUT2D eigenvalue weighted by molar-refractivity contribution is 6.31. The highest BCUT2D eigenvalue weighted by Crippen LogP contribution is 2.24. The van der Waals surface area contributed by atoms with E-state index in [1.807, 2.05) is 42.5 Å². The van der Waals surface area contributed by atoms with Gasteiger partial charge in [0, 0.05) is 23.7 Å². The monoisotopic (exact) mass is 358 g/mol. The van der Waals surface area contributed by atoms with Crippen molar-refractivity contribution >= 4 is 29.1 Å².